The zero-order valence-electron chi connectivity index (χ0n) is 6.64. The number of hydrogen-bond acceptors (Lipinski definition) is 1. The predicted octanol–water partition coefficient (Wildman–Crippen LogP) is 2.31. The Morgan fingerprint density at radius 3 is 1.64 bits per heavy atom. The molecule has 1 atom stereocenters. The second-order valence-electron chi connectivity index (χ2n) is 3.42. The van der Waals surface area contributed by atoms with Crippen LogP contribution in [0, 0.1) is 0 Å². The van der Waals surface area contributed by atoms with Crippen molar-refractivity contribution in [2.24, 2.45) is 5.73 Å². The van der Waals surface area contributed by atoms with E-state index in [9.17, 15) is 30.7 Å². The van der Waals surface area contributed by atoms with Gasteiger partial charge in [0.1, 0.15) is 0 Å². The third-order valence-corrected chi connectivity index (χ3v) is 2.09. The van der Waals surface area contributed by atoms with Crippen LogP contribution in [-0.2, 0) is 0 Å². The first-order valence-corrected chi connectivity index (χ1v) is 3.53. The van der Waals surface area contributed by atoms with Crippen LogP contribution >= 0.6 is 0 Å². The van der Waals surface area contributed by atoms with Gasteiger partial charge in [-0.05, 0) is 0 Å². The molecular formula is C6H6F7N. The van der Waals surface area contributed by atoms with Crippen molar-refractivity contribution in [1.82, 2.24) is 0 Å². The fraction of sp³-hybridized carbons (Fsp3) is 1.00. The topological polar surface area (TPSA) is 26.0 Å². The summed E-state index contributed by atoms with van der Waals surface area (Å²) >= 11 is 0. The average Bonchev–Trinajstić information content (AvgIpc) is 2.24. The molecule has 1 nitrogen and oxygen atoms in total. The molecule has 0 heterocycles. The minimum Gasteiger partial charge on any atom is -0.320 e. The maximum Gasteiger partial charge on any atom is 0.453 e. The summed E-state index contributed by atoms with van der Waals surface area (Å²) in [5.74, 6) is -8.79. The van der Waals surface area contributed by atoms with Crippen LogP contribution in [-0.4, -0.2) is 23.6 Å². The maximum absolute atomic E-state index is 12.3. The molecule has 0 radical (unpaired) electrons. The van der Waals surface area contributed by atoms with Gasteiger partial charge < -0.3 is 5.73 Å². The molecule has 1 aliphatic rings. The first-order valence-electron chi connectivity index (χ1n) is 3.53. The predicted molar refractivity (Wildman–Crippen MR) is 32.1 cm³/mol. The zero-order chi connectivity index (χ0) is 11.4. The van der Waals surface area contributed by atoms with E-state index in [4.69, 9.17) is 0 Å². The summed E-state index contributed by atoms with van der Waals surface area (Å²) in [6, 6.07) is 0. The van der Waals surface area contributed by atoms with Crippen molar-refractivity contribution in [3.63, 3.8) is 0 Å². The smallest absolute Gasteiger partial charge is 0.320 e. The van der Waals surface area contributed by atoms with Gasteiger partial charge >= 0.3 is 12.1 Å². The molecule has 0 aromatic carbocycles. The standard InChI is InChI=1S/C6H6F7N/c7-4(8)1-3(4,14)2-5(9,10)6(11,12)13/h1-2,14H2. The van der Waals surface area contributed by atoms with Gasteiger partial charge in [0.05, 0.1) is 5.54 Å². The Morgan fingerprint density at radius 2 is 1.43 bits per heavy atom. The summed E-state index contributed by atoms with van der Waals surface area (Å²) in [6.07, 6.45) is -9.04. The number of hydrogen-bond donors (Lipinski definition) is 1. The Morgan fingerprint density at radius 1 is 1.07 bits per heavy atom. The molecule has 1 rings (SSSR count). The van der Waals surface area contributed by atoms with E-state index in [1.807, 2.05) is 0 Å². The van der Waals surface area contributed by atoms with Crippen LogP contribution in [0.15, 0.2) is 0 Å². The van der Waals surface area contributed by atoms with E-state index in [0.717, 1.165) is 0 Å². The summed E-state index contributed by atoms with van der Waals surface area (Å²) in [7, 11) is 0. The van der Waals surface area contributed by atoms with Crippen LogP contribution in [0.5, 0.6) is 0 Å². The molecular weight excluding hydrogens is 219 g/mol. The Hall–Kier alpha value is -0.530. The monoisotopic (exact) mass is 225 g/mol. The van der Waals surface area contributed by atoms with Crippen LogP contribution in [0.3, 0.4) is 0 Å². The van der Waals surface area contributed by atoms with Gasteiger partial charge in [0.2, 0.25) is 0 Å². The van der Waals surface area contributed by atoms with E-state index in [0.29, 0.717) is 0 Å². The number of nitrogens with two attached hydrogens (primary N) is 1. The fourth-order valence-electron chi connectivity index (χ4n) is 1.04. The Bertz CT molecular complexity index is 245. The van der Waals surface area contributed by atoms with Gasteiger partial charge in [-0.15, -0.1) is 0 Å². The molecule has 1 fully saturated rings. The van der Waals surface area contributed by atoms with E-state index >= 15 is 0 Å². The highest BCUT2D eigenvalue weighted by atomic mass is 19.4. The van der Waals surface area contributed by atoms with E-state index in [1.54, 1.807) is 0 Å². The van der Waals surface area contributed by atoms with Crippen molar-refractivity contribution < 1.29 is 30.7 Å². The highest BCUT2D eigenvalue weighted by Gasteiger charge is 2.74. The van der Waals surface area contributed by atoms with Crippen LogP contribution in [0.2, 0.25) is 0 Å². The Balaban J connectivity index is 2.71. The zero-order valence-corrected chi connectivity index (χ0v) is 6.64. The largest absolute Gasteiger partial charge is 0.453 e. The average molecular weight is 225 g/mol. The van der Waals surface area contributed by atoms with E-state index < -0.39 is 36.4 Å². The first-order chi connectivity index (χ1) is 5.91. The third-order valence-electron chi connectivity index (χ3n) is 2.09. The summed E-state index contributed by atoms with van der Waals surface area (Å²) in [6.45, 7) is 0. The number of rotatable bonds is 2. The molecule has 8 heteroatoms. The lowest BCUT2D eigenvalue weighted by Gasteiger charge is -2.22. The van der Waals surface area contributed by atoms with Gasteiger partial charge in [0.15, 0.2) is 0 Å². The second kappa shape index (κ2) is 2.53. The summed E-state index contributed by atoms with van der Waals surface area (Å²) in [4.78, 5) is 0. The Kier molecular flexibility index (Phi) is 2.09. The quantitative estimate of drug-likeness (QED) is 0.717. The minimum absolute atomic E-state index is 1.13. The maximum atomic E-state index is 12.3. The molecule has 0 aliphatic heterocycles. The van der Waals surface area contributed by atoms with Gasteiger partial charge in [-0.2, -0.15) is 22.0 Å². The molecule has 0 spiro atoms. The molecule has 0 bridgehead atoms. The highest BCUT2D eigenvalue weighted by molar-refractivity contribution is 5.17. The normalized spacial score (nSPS) is 31.7. The molecule has 2 N–H and O–H groups in total. The number of halogens is 7. The van der Waals surface area contributed by atoms with E-state index in [-0.39, 0.29) is 0 Å². The molecule has 84 valence electrons. The molecule has 0 aromatic rings. The molecule has 14 heavy (non-hydrogen) atoms. The van der Waals surface area contributed by atoms with Gasteiger partial charge in [-0.1, -0.05) is 0 Å². The molecule has 1 saturated carbocycles. The lowest BCUT2D eigenvalue weighted by molar-refractivity contribution is -0.287. The van der Waals surface area contributed by atoms with Crippen molar-refractivity contribution in [3.8, 4) is 0 Å². The molecule has 1 aliphatic carbocycles. The molecule has 0 saturated heterocycles. The van der Waals surface area contributed by atoms with Gasteiger partial charge in [0, 0.05) is 12.8 Å². The lowest BCUT2D eigenvalue weighted by atomic mass is 10.1. The minimum atomic E-state index is -5.84. The van der Waals surface area contributed by atoms with E-state index in [1.165, 1.54) is 0 Å². The van der Waals surface area contributed by atoms with Crippen LogP contribution in [0.1, 0.15) is 12.8 Å². The van der Waals surface area contributed by atoms with Crippen LogP contribution < -0.4 is 5.73 Å². The molecule has 0 amide bonds. The van der Waals surface area contributed by atoms with E-state index in [2.05, 4.69) is 5.73 Å². The Labute approximate surface area is 74.1 Å². The summed E-state index contributed by atoms with van der Waals surface area (Å²) in [5.41, 5.74) is 1.96. The van der Waals surface area contributed by atoms with Crippen molar-refractivity contribution in [2.75, 3.05) is 0 Å². The van der Waals surface area contributed by atoms with Crippen molar-refractivity contribution in [3.05, 3.63) is 0 Å². The second-order valence-corrected chi connectivity index (χ2v) is 3.42. The van der Waals surface area contributed by atoms with Crippen molar-refractivity contribution >= 4 is 0 Å². The molecule has 0 aromatic heterocycles. The van der Waals surface area contributed by atoms with Crippen LogP contribution in [0.4, 0.5) is 30.7 Å². The van der Waals surface area contributed by atoms with Gasteiger partial charge in [-0.3, -0.25) is 0 Å². The van der Waals surface area contributed by atoms with Gasteiger partial charge in [0.25, 0.3) is 5.92 Å². The first kappa shape index (κ1) is 11.5. The summed E-state index contributed by atoms with van der Waals surface area (Å²) < 4.78 is 83.9. The van der Waals surface area contributed by atoms with Crippen LogP contribution in [0.25, 0.3) is 0 Å². The SMILES string of the molecule is NC1(CC(F)(F)C(F)(F)F)CC1(F)F. The molecule has 1 unspecified atom stereocenters. The fourth-order valence-corrected chi connectivity index (χ4v) is 1.04. The summed E-state index contributed by atoms with van der Waals surface area (Å²) in [5, 5.41) is 0. The third kappa shape index (κ3) is 1.67. The number of alkyl halides is 7. The lowest BCUT2D eigenvalue weighted by Crippen LogP contribution is -2.45. The van der Waals surface area contributed by atoms with Gasteiger partial charge in [-0.25, -0.2) is 8.78 Å². The highest BCUT2D eigenvalue weighted by Crippen LogP contribution is 2.57. The van der Waals surface area contributed by atoms with Crippen molar-refractivity contribution in [1.29, 1.82) is 0 Å². The van der Waals surface area contributed by atoms with Crippen molar-refractivity contribution in [2.45, 2.75) is 36.4 Å².